The predicted octanol–water partition coefficient (Wildman–Crippen LogP) is 3.38. The van der Waals surface area contributed by atoms with Gasteiger partial charge in [0.2, 0.25) is 0 Å². The fraction of sp³-hybridized carbons (Fsp3) is 0.714. The first kappa shape index (κ1) is 12.3. The van der Waals surface area contributed by atoms with E-state index in [-0.39, 0.29) is 0 Å². The third-order valence-electron chi connectivity index (χ3n) is 4.02. The molecule has 90 valence electrons. The Balaban J connectivity index is 2.16. The van der Waals surface area contributed by atoms with Gasteiger partial charge >= 0.3 is 0 Å². The van der Waals surface area contributed by atoms with Crippen LogP contribution in [0.1, 0.15) is 13.3 Å². The lowest BCUT2D eigenvalue weighted by atomic mass is 9.79. The van der Waals surface area contributed by atoms with Crippen molar-refractivity contribution in [2.45, 2.75) is 13.3 Å². The second kappa shape index (κ2) is 5.42. The number of hydrogen-bond acceptors (Lipinski definition) is 2. The molecule has 16 heavy (non-hydrogen) atoms. The van der Waals surface area contributed by atoms with Gasteiger partial charge in [-0.2, -0.15) is 11.8 Å². The summed E-state index contributed by atoms with van der Waals surface area (Å²) in [5, 5.41) is 0. The monoisotopic (exact) mass is 238 g/mol. The van der Waals surface area contributed by atoms with Gasteiger partial charge in [0.1, 0.15) is 0 Å². The molecule has 4 unspecified atom stereocenters. The Bertz CT molecular complexity index is 295. The molecule has 1 nitrogen and oxygen atoms in total. The van der Waals surface area contributed by atoms with Crippen LogP contribution in [-0.4, -0.2) is 25.7 Å². The van der Waals surface area contributed by atoms with Crippen LogP contribution in [0.25, 0.3) is 0 Å². The molecule has 0 aromatic rings. The fourth-order valence-corrected chi connectivity index (χ4v) is 4.20. The molecule has 2 rings (SSSR count). The average Bonchev–Trinajstić information content (AvgIpc) is 2.58. The van der Waals surface area contributed by atoms with Gasteiger partial charge in [-0.3, -0.25) is 0 Å². The van der Waals surface area contributed by atoms with Gasteiger partial charge in [-0.1, -0.05) is 25.2 Å². The minimum absolute atomic E-state index is 0.743. The lowest BCUT2D eigenvalue weighted by Gasteiger charge is -2.28. The lowest BCUT2D eigenvalue weighted by Crippen LogP contribution is -2.23. The molecule has 0 heterocycles. The molecule has 2 heteroatoms. The van der Waals surface area contributed by atoms with Crippen LogP contribution in [0.3, 0.4) is 0 Å². The zero-order chi connectivity index (χ0) is 11.5. The highest BCUT2D eigenvalue weighted by Gasteiger charge is 2.41. The molecule has 0 amide bonds. The summed E-state index contributed by atoms with van der Waals surface area (Å²) in [6, 6.07) is 0. The van der Waals surface area contributed by atoms with E-state index < -0.39 is 0 Å². The van der Waals surface area contributed by atoms with Crippen LogP contribution in [-0.2, 0) is 4.74 Å². The van der Waals surface area contributed by atoms with Crippen molar-refractivity contribution >= 4 is 11.8 Å². The molecular weight excluding hydrogens is 216 g/mol. The molecule has 0 aromatic carbocycles. The topological polar surface area (TPSA) is 9.23 Å². The van der Waals surface area contributed by atoms with E-state index in [1.165, 1.54) is 17.7 Å². The molecule has 0 N–H and O–H groups in total. The first-order valence-corrected chi connectivity index (χ1v) is 7.52. The molecule has 1 saturated carbocycles. The van der Waals surface area contributed by atoms with Gasteiger partial charge in [0.05, 0.1) is 6.61 Å². The van der Waals surface area contributed by atoms with Gasteiger partial charge in [-0.15, -0.1) is 0 Å². The number of ether oxygens (including phenoxy) is 1. The second-order valence-corrected chi connectivity index (χ2v) is 6.00. The Morgan fingerprint density at radius 2 is 2.31 bits per heavy atom. The Morgan fingerprint density at radius 1 is 1.50 bits per heavy atom. The summed E-state index contributed by atoms with van der Waals surface area (Å²) in [6.45, 7) is 3.21. The van der Waals surface area contributed by atoms with Crippen LogP contribution in [0, 0.1) is 23.7 Å². The van der Waals surface area contributed by atoms with Gasteiger partial charge in [0, 0.05) is 7.11 Å². The maximum Gasteiger partial charge on any atom is 0.0679 e. The Labute approximate surface area is 103 Å². The first-order chi connectivity index (χ1) is 7.77. The Morgan fingerprint density at radius 3 is 3.00 bits per heavy atom. The normalized spacial score (nSPS) is 37.3. The number of rotatable bonds is 4. The number of hydrogen-bond donors (Lipinski definition) is 0. The quantitative estimate of drug-likeness (QED) is 0.742. The zero-order valence-corrected chi connectivity index (χ0v) is 11.3. The highest BCUT2D eigenvalue weighted by molar-refractivity contribution is 7.98. The highest BCUT2D eigenvalue weighted by atomic mass is 32.2. The SMILES string of the molecule is COCC1=CC=CC2C(C)CC(CSC)C12. The molecule has 0 radical (unpaired) electrons. The van der Waals surface area contributed by atoms with Gasteiger partial charge in [-0.25, -0.2) is 0 Å². The van der Waals surface area contributed by atoms with Gasteiger partial charge in [0.25, 0.3) is 0 Å². The third kappa shape index (κ3) is 2.23. The van der Waals surface area contributed by atoms with Crippen LogP contribution in [0.15, 0.2) is 23.8 Å². The van der Waals surface area contributed by atoms with Crippen molar-refractivity contribution in [1.29, 1.82) is 0 Å². The van der Waals surface area contributed by atoms with E-state index in [9.17, 15) is 0 Å². The maximum absolute atomic E-state index is 5.34. The molecule has 0 saturated heterocycles. The predicted molar refractivity (Wildman–Crippen MR) is 71.7 cm³/mol. The van der Waals surface area contributed by atoms with Crippen LogP contribution < -0.4 is 0 Å². The lowest BCUT2D eigenvalue weighted by molar-refractivity contribution is 0.206. The van der Waals surface area contributed by atoms with Crippen LogP contribution >= 0.6 is 11.8 Å². The molecule has 2 aliphatic rings. The fourth-order valence-electron chi connectivity index (χ4n) is 3.42. The number of fused-ring (bicyclic) bond motifs is 1. The molecule has 4 atom stereocenters. The van der Waals surface area contributed by atoms with Crippen molar-refractivity contribution in [1.82, 2.24) is 0 Å². The zero-order valence-electron chi connectivity index (χ0n) is 10.5. The van der Waals surface area contributed by atoms with E-state index >= 15 is 0 Å². The van der Waals surface area contributed by atoms with Crippen molar-refractivity contribution in [2.75, 3.05) is 25.7 Å². The van der Waals surface area contributed by atoms with Crippen molar-refractivity contribution < 1.29 is 4.74 Å². The number of allylic oxidation sites excluding steroid dienone is 3. The van der Waals surface area contributed by atoms with E-state index in [2.05, 4.69) is 31.4 Å². The van der Waals surface area contributed by atoms with E-state index in [1.807, 2.05) is 11.8 Å². The summed E-state index contributed by atoms with van der Waals surface area (Å²) in [5.74, 6) is 4.47. The van der Waals surface area contributed by atoms with Crippen LogP contribution in [0.5, 0.6) is 0 Å². The van der Waals surface area contributed by atoms with E-state index in [0.717, 1.165) is 30.3 Å². The third-order valence-corrected chi connectivity index (χ3v) is 4.78. The Hall–Kier alpha value is -0.210. The van der Waals surface area contributed by atoms with Gasteiger partial charge < -0.3 is 4.74 Å². The Kier molecular flexibility index (Phi) is 4.15. The molecule has 0 spiro atoms. The average molecular weight is 238 g/mol. The first-order valence-electron chi connectivity index (χ1n) is 6.13. The molecule has 0 bridgehead atoms. The van der Waals surface area contributed by atoms with Gasteiger partial charge in [0.15, 0.2) is 0 Å². The van der Waals surface area contributed by atoms with E-state index in [1.54, 1.807) is 7.11 Å². The minimum atomic E-state index is 0.743. The summed E-state index contributed by atoms with van der Waals surface area (Å²) < 4.78 is 5.34. The molecule has 1 fully saturated rings. The highest BCUT2D eigenvalue weighted by Crippen LogP contribution is 2.48. The van der Waals surface area contributed by atoms with E-state index in [0.29, 0.717) is 0 Å². The van der Waals surface area contributed by atoms with Crippen molar-refractivity contribution in [3.05, 3.63) is 23.8 Å². The van der Waals surface area contributed by atoms with Gasteiger partial charge in [-0.05, 0) is 47.7 Å². The summed E-state index contributed by atoms with van der Waals surface area (Å²) >= 11 is 1.98. The van der Waals surface area contributed by atoms with Crippen molar-refractivity contribution in [3.63, 3.8) is 0 Å². The number of methoxy groups -OCH3 is 1. The van der Waals surface area contributed by atoms with Crippen molar-refractivity contribution in [2.24, 2.45) is 23.7 Å². The largest absolute Gasteiger partial charge is 0.380 e. The van der Waals surface area contributed by atoms with Crippen LogP contribution in [0.2, 0.25) is 0 Å². The summed E-state index contributed by atoms with van der Waals surface area (Å²) in [6.07, 6.45) is 10.5. The molecule has 2 aliphatic carbocycles. The molecular formula is C14H22OS. The molecule has 0 aromatic heterocycles. The smallest absolute Gasteiger partial charge is 0.0679 e. The maximum atomic E-state index is 5.34. The second-order valence-electron chi connectivity index (χ2n) is 5.09. The van der Waals surface area contributed by atoms with Crippen molar-refractivity contribution in [3.8, 4) is 0 Å². The minimum Gasteiger partial charge on any atom is -0.380 e. The van der Waals surface area contributed by atoms with E-state index in [4.69, 9.17) is 4.74 Å². The standard InChI is InChI=1S/C14H22OS/c1-10-7-12(9-16-3)14-11(8-15-2)5-4-6-13(10)14/h4-6,10,12-14H,7-9H2,1-3H3. The summed E-state index contributed by atoms with van der Waals surface area (Å²) in [7, 11) is 1.80. The van der Waals surface area contributed by atoms with Crippen LogP contribution in [0.4, 0.5) is 0 Å². The summed E-state index contributed by atoms with van der Waals surface area (Å²) in [4.78, 5) is 0. The number of thioether (sulfide) groups is 1. The summed E-state index contributed by atoms with van der Waals surface area (Å²) in [5.41, 5.74) is 1.51. The molecule has 0 aliphatic heterocycles.